The molecule has 5 nitrogen and oxygen atoms in total. The van der Waals surface area contributed by atoms with Gasteiger partial charge in [-0.3, -0.25) is 9.48 Å². The van der Waals surface area contributed by atoms with Crippen LogP contribution in [0, 0.1) is 5.82 Å². The Morgan fingerprint density at radius 2 is 1.87 bits per heavy atom. The number of aromatic nitrogens is 2. The van der Waals surface area contributed by atoms with Crippen molar-refractivity contribution >= 4 is 5.91 Å². The quantitative estimate of drug-likeness (QED) is 0.570. The number of aryl methyl sites for hydroxylation is 1. The molecule has 1 aromatic heterocycles. The first-order valence-corrected chi connectivity index (χ1v) is 10.8. The van der Waals surface area contributed by atoms with Crippen LogP contribution in [0.2, 0.25) is 0 Å². The number of fused-ring (bicyclic) bond motifs is 1. The maximum atomic E-state index is 13.8. The lowest BCUT2D eigenvalue weighted by molar-refractivity contribution is -0.133. The van der Waals surface area contributed by atoms with Crippen molar-refractivity contribution < 1.29 is 13.9 Å². The zero-order chi connectivity index (χ0) is 21.8. The van der Waals surface area contributed by atoms with Gasteiger partial charge in [-0.05, 0) is 18.1 Å². The summed E-state index contributed by atoms with van der Waals surface area (Å²) in [5, 5.41) is 4.62. The number of nitrogens with zero attached hydrogens (tertiary/aromatic N) is 3. The molecule has 1 amide bonds. The Kier molecular flexibility index (Phi) is 6.47. The van der Waals surface area contributed by atoms with Crippen LogP contribution in [0.15, 0.2) is 54.6 Å². The van der Waals surface area contributed by atoms with Crippen molar-refractivity contribution in [2.45, 2.75) is 45.4 Å². The molecule has 6 heteroatoms. The van der Waals surface area contributed by atoms with Crippen LogP contribution in [-0.2, 0) is 42.8 Å². The molecule has 162 valence electrons. The summed E-state index contributed by atoms with van der Waals surface area (Å²) in [6.45, 7) is 3.74. The maximum Gasteiger partial charge on any atom is 0.230 e. The SMILES string of the molecule is CCC(C(=O)N1CCc2c(c(COCc3ccccc3F)nn2C)C1)c1ccccc1. The standard InChI is InChI=1S/C25H28FN3O2/c1-3-20(18-9-5-4-6-10-18)25(30)29-14-13-24-21(15-29)23(27-28(24)2)17-31-16-19-11-7-8-12-22(19)26/h4-12,20H,3,13-17H2,1-2H3. The van der Waals surface area contributed by atoms with E-state index < -0.39 is 0 Å². The number of amides is 1. The van der Waals surface area contributed by atoms with Crippen molar-refractivity contribution in [3.05, 3.63) is 88.5 Å². The first-order chi connectivity index (χ1) is 15.1. The first kappa shape index (κ1) is 21.2. The lowest BCUT2D eigenvalue weighted by atomic mass is 9.93. The lowest BCUT2D eigenvalue weighted by Gasteiger charge is -2.31. The third kappa shape index (κ3) is 4.54. The Hall–Kier alpha value is -2.99. The number of hydrogen-bond acceptors (Lipinski definition) is 3. The fraction of sp³-hybridized carbons (Fsp3) is 0.360. The maximum absolute atomic E-state index is 13.8. The molecule has 1 unspecified atom stereocenters. The minimum Gasteiger partial charge on any atom is -0.370 e. The predicted octanol–water partition coefficient (Wildman–Crippen LogP) is 4.35. The Morgan fingerprint density at radius 3 is 2.61 bits per heavy atom. The molecule has 0 N–H and O–H groups in total. The van der Waals surface area contributed by atoms with Gasteiger partial charge < -0.3 is 9.64 Å². The molecule has 0 spiro atoms. The summed E-state index contributed by atoms with van der Waals surface area (Å²) < 4.78 is 21.5. The molecule has 31 heavy (non-hydrogen) atoms. The average molecular weight is 422 g/mol. The Morgan fingerprint density at radius 1 is 1.13 bits per heavy atom. The van der Waals surface area contributed by atoms with Crippen LogP contribution in [-0.4, -0.2) is 27.1 Å². The zero-order valence-electron chi connectivity index (χ0n) is 18.1. The van der Waals surface area contributed by atoms with Crippen LogP contribution in [0.25, 0.3) is 0 Å². The van der Waals surface area contributed by atoms with E-state index in [2.05, 4.69) is 12.0 Å². The van der Waals surface area contributed by atoms with Gasteiger partial charge in [-0.2, -0.15) is 5.10 Å². The average Bonchev–Trinajstić information content (AvgIpc) is 3.11. The second-order valence-corrected chi connectivity index (χ2v) is 7.96. The van der Waals surface area contributed by atoms with Gasteiger partial charge in [0, 0.05) is 43.4 Å². The van der Waals surface area contributed by atoms with Gasteiger partial charge in [-0.25, -0.2) is 4.39 Å². The lowest BCUT2D eigenvalue weighted by Crippen LogP contribution is -2.39. The Labute approximate surface area is 182 Å². The monoisotopic (exact) mass is 421 g/mol. The number of rotatable bonds is 7. The van der Waals surface area contributed by atoms with E-state index in [9.17, 15) is 9.18 Å². The summed E-state index contributed by atoms with van der Waals surface area (Å²) in [6.07, 6.45) is 1.53. The first-order valence-electron chi connectivity index (χ1n) is 10.8. The zero-order valence-corrected chi connectivity index (χ0v) is 18.1. The number of ether oxygens (including phenoxy) is 1. The second kappa shape index (κ2) is 9.43. The minimum atomic E-state index is -0.270. The van der Waals surface area contributed by atoms with Gasteiger partial charge in [-0.15, -0.1) is 0 Å². The van der Waals surface area contributed by atoms with Gasteiger partial charge in [0.25, 0.3) is 0 Å². The summed E-state index contributed by atoms with van der Waals surface area (Å²) in [5.41, 5.74) is 4.59. The number of carbonyl (C=O) groups is 1. The highest BCUT2D eigenvalue weighted by Gasteiger charge is 2.30. The van der Waals surface area contributed by atoms with Gasteiger partial charge in [0.05, 0.1) is 24.8 Å². The van der Waals surface area contributed by atoms with E-state index >= 15 is 0 Å². The van der Waals surface area contributed by atoms with E-state index in [1.54, 1.807) is 18.2 Å². The highest BCUT2D eigenvalue weighted by atomic mass is 19.1. The molecular weight excluding hydrogens is 393 g/mol. The van der Waals surface area contributed by atoms with E-state index in [-0.39, 0.29) is 30.9 Å². The molecule has 4 rings (SSSR count). The topological polar surface area (TPSA) is 47.4 Å². The highest BCUT2D eigenvalue weighted by Crippen LogP contribution is 2.28. The predicted molar refractivity (Wildman–Crippen MR) is 117 cm³/mol. The molecule has 1 aliphatic rings. The summed E-state index contributed by atoms with van der Waals surface area (Å²) >= 11 is 0. The van der Waals surface area contributed by atoms with Crippen molar-refractivity contribution in [3.8, 4) is 0 Å². The van der Waals surface area contributed by atoms with Crippen LogP contribution >= 0.6 is 0 Å². The van der Waals surface area contributed by atoms with Crippen molar-refractivity contribution in [1.82, 2.24) is 14.7 Å². The second-order valence-electron chi connectivity index (χ2n) is 7.96. The third-order valence-corrected chi connectivity index (χ3v) is 6.00. The van der Waals surface area contributed by atoms with Crippen LogP contribution in [0.5, 0.6) is 0 Å². The van der Waals surface area contributed by atoms with Crippen molar-refractivity contribution in [1.29, 1.82) is 0 Å². The van der Waals surface area contributed by atoms with Crippen LogP contribution in [0.1, 0.15) is 47.3 Å². The molecule has 1 atom stereocenters. The fourth-order valence-electron chi connectivity index (χ4n) is 4.31. The van der Waals surface area contributed by atoms with Gasteiger partial charge >= 0.3 is 0 Å². The molecular formula is C25H28FN3O2. The molecule has 1 aliphatic heterocycles. The summed E-state index contributed by atoms with van der Waals surface area (Å²) in [4.78, 5) is 15.3. The smallest absolute Gasteiger partial charge is 0.230 e. The molecule has 0 fully saturated rings. The van der Waals surface area contributed by atoms with E-state index in [1.807, 2.05) is 47.0 Å². The molecule has 2 aromatic carbocycles. The molecule has 0 radical (unpaired) electrons. The Bertz CT molecular complexity index is 1050. The number of halogens is 1. The van der Waals surface area contributed by atoms with E-state index in [0.717, 1.165) is 35.4 Å². The summed E-state index contributed by atoms with van der Waals surface area (Å²) in [7, 11) is 1.93. The van der Waals surface area contributed by atoms with Gasteiger partial charge in [0.1, 0.15) is 5.82 Å². The van der Waals surface area contributed by atoms with E-state index in [4.69, 9.17) is 4.74 Å². The van der Waals surface area contributed by atoms with E-state index in [0.29, 0.717) is 18.7 Å². The van der Waals surface area contributed by atoms with Crippen molar-refractivity contribution in [2.24, 2.45) is 7.05 Å². The van der Waals surface area contributed by atoms with E-state index in [1.165, 1.54) is 6.07 Å². The molecule has 3 aromatic rings. The fourth-order valence-corrected chi connectivity index (χ4v) is 4.31. The molecule has 2 heterocycles. The molecule has 0 saturated heterocycles. The molecule has 0 bridgehead atoms. The highest BCUT2D eigenvalue weighted by molar-refractivity contribution is 5.84. The molecule has 0 aliphatic carbocycles. The van der Waals surface area contributed by atoms with Crippen molar-refractivity contribution in [2.75, 3.05) is 6.54 Å². The normalized spacial score (nSPS) is 14.4. The van der Waals surface area contributed by atoms with Gasteiger partial charge in [0.2, 0.25) is 5.91 Å². The summed E-state index contributed by atoms with van der Waals surface area (Å²) in [5.74, 6) is -0.254. The largest absolute Gasteiger partial charge is 0.370 e. The third-order valence-electron chi connectivity index (χ3n) is 6.00. The van der Waals surface area contributed by atoms with Gasteiger partial charge in [-0.1, -0.05) is 55.5 Å². The van der Waals surface area contributed by atoms with Gasteiger partial charge in [0.15, 0.2) is 0 Å². The minimum absolute atomic E-state index is 0.139. The van der Waals surface area contributed by atoms with Crippen LogP contribution < -0.4 is 0 Å². The van der Waals surface area contributed by atoms with Crippen LogP contribution in [0.3, 0.4) is 0 Å². The molecule has 0 saturated carbocycles. The number of carbonyl (C=O) groups excluding carboxylic acids is 1. The number of hydrogen-bond donors (Lipinski definition) is 0. The Balaban J connectivity index is 1.47. The van der Waals surface area contributed by atoms with Crippen LogP contribution in [0.4, 0.5) is 4.39 Å². The number of benzene rings is 2. The summed E-state index contributed by atoms with van der Waals surface area (Å²) in [6, 6.07) is 16.6. The van der Waals surface area contributed by atoms with Crippen molar-refractivity contribution in [3.63, 3.8) is 0 Å².